The minimum atomic E-state index is -3.67. The number of hydrogen-bond acceptors (Lipinski definition) is 3. The van der Waals surface area contributed by atoms with Crippen LogP contribution in [0.1, 0.15) is 32.8 Å². The highest BCUT2D eigenvalue weighted by Gasteiger charge is 2.22. The average Bonchev–Trinajstić information content (AvgIpc) is 2.43. The molecule has 2 N–H and O–H groups in total. The van der Waals surface area contributed by atoms with Crippen molar-refractivity contribution in [3.05, 3.63) is 29.8 Å². The molecule has 0 aliphatic rings. The summed E-state index contributed by atoms with van der Waals surface area (Å²) in [5, 5.41) is 9.14. The standard InChI is InChI=1S/C15H23NO4S/c1-4-12-6-5-7-14(9-12)21(19,20)16-10-13(15(17)18)8-11(2)3/h5-7,9,11,13,16H,4,8,10H2,1-3H3,(H,17,18). The van der Waals surface area contributed by atoms with Crippen LogP contribution in [-0.2, 0) is 21.2 Å². The van der Waals surface area contributed by atoms with Crippen molar-refractivity contribution in [2.24, 2.45) is 11.8 Å². The minimum Gasteiger partial charge on any atom is -0.481 e. The van der Waals surface area contributed by atoms with E-state index < -0.39 is 21.9 Å². The molecule has 0 saturated heterocycles. The molecule has 0 saturated carbocycles. The van der Waals surface area contributed by atoms with Gasteiger partial charge in [-0.1, -0.05) is 32.9 Å². The van der Waals surface area contributed by atoms with Crippen LogP contribution in [0.25, 0.3) is 0 Å². The molecule has 6 heteroatoms. The number of carboxylic acid groups (broad SMARTS) is 1. The normalized spacial score (nSPS) is 13.3. The Labute approximate surface area is 126 Å². The fraction of sp³-hybridized carbons (Fsp3) is 0.533. The van der Waals surface area contributed by atoms with Crippen LogP contribution in [0.5, 0.6) is 0 Å². The van der Waals surface area contributed by atoms with E-state index in [2.05, 4.69) is 4.72 Å². The minimum absolute atomic E-state index is 0.0911. The number of rotatable bonds is 8. The lowest BCUT2D eigenvalue weighted by molar-refractivity contribution is -0.142. The molecular weight excluding hydrogens is 290 g/mol. The van der Waals surface area contributed by atoms with Crippen molar-refractivity contribution in [3.63, 3.8) is 0 Å². The van der Waals surface area contributed by atoms with Gasteiger partial charge in [0.05, 0.1) is 10.8 Å². The van der Waals surface area contributed by atoms with E-state index in [1.165, 1.54) is 6.07 Å². The van der Waals surface area contributed by atoms with Gasteiger partial charge in [0, 0.05) is 6.54 Å². The highest BCUT2D eigenvalue weighted by molar-refractivity contribution is 7.89. The lowest BCUT2D eigenvalue weighted by atomic mass is 9.98. The first-order valence-corrected chi connectivity index (χ1v) is 8.56. The average molecular weight is 313 g/mol. The van der Waals surface area contributed by atoms with Gasteiger partial charge in [0.25, 0.3) is 0 Å². The Morgan fingerprint density at radius 1 is 1.33 bits per heavy atom. The van der Waals surface area contributed by atoms with Crippen molar-refractivity contribution < 1.29 is 18.3 Å². The largest absolute Gasteiger partial charge is 0.481 e. The zero-order chi connectivity index (χ0) is 16.0. The molecule has 21 heavy (non-hydrogen) atoms. The summed E-state index contributed by atoms with van der Waals surface area (Å²) in [5.41, 5.74) is 0.926. The Balaban J connectivity index is 2.81. The van der Waals surface area contributed by atoms with Crippen molar-refractivity contribution in [2.45, 2.75) is 38.5 Å². The van der Waals surface area contributed by atoms with Gasteiger partial charge < -0.3 is 5.11 Å². The van der Waals surface area contributed by atoms with E-state index >= 15 is 0 Å². The monoisotopic (exact) mass is 313 g/mol. The Hall–Kier alpha value is -1.40. The van der Waals surface area contributed by atoms with E-state index in [4.69, 9.17) is 5.11 Å². The number of aryl methyl sites for hydroxylation is 1. The summed E-state index contributed by atoms with van der Waals surface area (Å²) in [6.07, 6.45) is 1.18. The molecule has 5 nitrogen and oxygen atoms in total. The quantitative estimate of drug-likeness (QED) is 0.771. The van der Waals surface area contributed by atoms with Gasteiger partial charge in [-0.2, -0.15) is 0 Å². The summed E-state index contributed by atoms with van der Waals surface area (Å²) in [6, 6.07) is 6.67. The molecule has 1 atom stereocenters. The number of benzene rings is 1. The number of nitrogens with one attached hydrogen (secondary N) is 1. The summed E-state index contributed by atoms with van der Waals surface area (Å²) in [7, 11) is -3.67. The van der Waals surface area contributed by atoms with E-state index in [-0.39, 0.29) is 17.4 Å². The van der Waals surface area contributed by atoms with Gasteiger partial charge in [0.1, 0.15) is 0 Å². The summed E-state index contributed by atoms with van der Waals surface area (Å²) in [4.78, 5) is 11.3. The molecule has 0 aliphatic carbocycles. The second-order valence-electron chi connectivity index (χ2n) is 5.52. The van der Waals surface area contributed by atoms with Crippen molar-refractivity contribution in [2.75, 3.05) is 6.54 Å². The molecule has 1 rings (SSSR count). The first kappa shape index (κ1) is 17.7. The molecule has 0 aliphatic heterocycles. The summed E-state index contributed by atoms with van der Waals surface area (Å²) in [6.45, 7) is 5.68. The maximum atomic E-state index is 12.2. The third kappa shape index (κ3) is 5.47. The summed E-state index contributed by atoms with van der Waals surface area (Å²) >= 11 is 0. The molecule has 1 unspecified atom stereocenters. The van der Waals surface area contributed by atoms with Crippen molar-refractivity contribution in [1.82, 2.24) is 4.72 Å². The van der Waals surface area contributed by atoms with Gasteiger partial charge >= 0.3 is 5.97 Å². The predicted molar refractivity (Wildman–Crippen MR) is 81.6 cm³/mol. The second kappa shape index (κ2) is 7.56. The van der Waals surface area contributed by atoms with E-state index in [0.717, 1.165) is 12.0 Å². The number of carbonyl (C=O) groups is 1. The summed E-state index contributed by atoms with van der Waals surface area (Å²) < 4.78 is 26.8. The first-order chi connectivity index (χ1) is 9.76. The Morgan fingerprint density at radius 2 is 2.00 bits per heavy atom. The van der Waals surface area contributed by atoms with Gasteiger partial charge in [0.2, 0.25) is 10.0 Å². The smallest absolute Gasteiger partial charge is 0.307 e. The van der Waals surface area contributed by atoms with Crippen LogP contribution in [0.15, 0.2) is 29.2 Å². The third-order valence-electron chi connectivity index (χ3n) is 3.24. The molecule has 0 radical (unpaired) electrons. The van der Waals surface area contributed by atoms with Gasteiger partial charge in [-0.3, -0.25) is 4.79 Å². The molecule has 0 heterocycles. The maximum absolute atomic E-state index is 12.2. The van der Waals surface area contributed by atoms with Crippen molar-refractivity contribution in [1.29, 1.82) is 0 Å². The SMILES string of the molecule is CCc1cccc(S(=O)(=O)NCC(CC(C)C)C(=O)O)c1. The molecule has 1 aromatic rings. The molecule has 1 aromatic carbocycles. The van der Waals surface area contributed by atoms with Gasteiger partial charge in [0.15, 0.2) is 0 Å². The van der Waals surface area contributed by atoms with Crippen LogP contribution in [0, 0.1) is 11.8 Å². The molecule has 0 aromatic heterocycles. The van der Waals surface area contributed by atoms with Crippen LogP contribution in [0.4, 0.5) is 0 Å². The highest BCUT2D eigenvalue weighted by Crippen LogP contribution is 2.15. The predicted octanol–water partition coefficient (Wildman–Crippen LogP) is 2.27. The van der Waals surface area contributed by atoms with Crippen LogP contribution >= 0.6 is 0 Å². The van der Waals surface area contributed by atoms with Gasteiger partial charge in [-0.25, -0.2) is 13.1 Å². The van der Waals surface area contributed by atoms with Gasteiger partial charge in [-0.15, -0.1) is 0 Å². The van der Waals surface area contributed by atoms with E-state index in [1.807, 2.05) is 26.8 Å². The van der Waals surface area contributed by atoms with Crippen molar-refractivity contribution >= 4 is 16.0 Å². The van der Waals surface area contributed by atoms with Crippen LogP contribution in [0.2, 0.25) is 0 Å². The molecule has 0 bridgehead atoms. The Bertz CT molecular complexity index is 581. The lowest BCUT2D eigenvalue weighted by Crippen LogP contribution is -2.33. The van der Waals surface area contributed by atoms with Crippen molar-refractivity contribution in [3.8, 4) is 0 Å². The fourth-order valence-electron chi connectivity index (χ4n) is 2.07. The van der Waals surface area contributed by atoms with Crippen LogP contribution < -0.4 is 4.72 Å². The number of hydrogen-bond donors (Lipinski definition) is 2. The van der Waals surface area contributed by atoms with E-state index in [9.17, 15) is 13.2 Å². The fourth-order valence-corrected chi connectivity index (χ4v) is 3.22. The number of carboxylic acids is 1. The van der Waals surface area contributed by atoms with Crippen LogP contribution in [-0.4, -0.2) is 26.0 Å². The number of aliphatic carboxylic acids is 1. The molecule has 0 amide bonds. The van der Waals surface area contributed by atoms with E-state index in [1.54, 1.807) is 12.1 Å². The highest BCUT2D eigenvalue weighted by atomic mass is 32.2. The Morgan fingerprint density at radius 3 is 2.52 bits per heavy atom. The summed E-state index contributed by atoms with van der Waals surface area (Å²) in [5.74, 6) is -1.50. The van der Waals surface area contributed by atoms with E-state index in [0.29, 0.717) is 6.42 Å². The lowest BCUT2D eigenvalue weighted by Gasteiger charge is -2.15. The Kier molecular flexibility index (Phi) is 6.36. The molecule has 0 spiro atoms. The number of sulfonamides is 1. The molecule has 118 valence electrons. The third-order valence-corrected chi connectivity index (χ3v) is 4.66. The van der Waals surface area contributed by atoms with Gasteiger partial charge in [-0.05, 0) is 36.5 Å². The second-order valence-corrected chi connectivity index (χ2v) is 7.28. The topological polar surface area (TPSA) is 83.5 Å². The molecular formula is C15H23NO4S. The zero-order valence-electron chi connectivity index (χ0n) is 12.7. The first-order valence-electron chi connectivity index (χ1n) is 7.07. The zero-order valence-corrected chi connectivity index (χ0v) is 13.5. The van der Waals surface area contributed by atoms with Crippen LogP contribution in [0.3, 0.4) is 0 Å². The molecule has 0 fully saturated rings. The maximum Gasteiger partial charge on any atom is 0.307 e.